The Kier molecular flexibility index (Phi) is 16.0. The van der Waals surface area contributed by atoms with Crippen LogP contribution >= 0.6 is 0 Å². The van der Waals surface area contributed by atoms with Crippen LogP contribution in [0.2, 0.25) is 0 Å². The fourth-order valence-electron chi connectivity index (χ4n) is 15.3. The Morgan fingerprint density at radius 2 is 0.455 bits per heavy atom. The van der Waals surface area contributed by atoms with Crippen LogP contribution in [0.25, 0.3) is 106 Å². The van der Waals surface area contributed by atoms with Gasteiger partial charge < -0.3 is 0 Å². The molecule has 17 aromatic rings. The highest BCUT2D eigenvalue weighted by Gasteiger charge is 2.46. The van der Waals surface area contributed by atoms with E-state index in [1.807, 2.05) is 0 Å². The molecule has 0 amide bonds. The molecule has 0 bridgehead atoms. The monoisotopic (exact) mass is 1290 g/mol. The fourth-order valence-corrected chi connectivity index (χ4v) is 25.1. The van der Waals surface area contributed by atoms with Gasteiger partial charge >= 0.3 is 0 Å². The van der Waals surface area contributed by atoms with Gasteiger partial charge in [-0.3, -0.25) is 4.57 Å². The van der Waals surface area contributed by atoms with Gasteiger partial charge in [0.25, 0.3) is 0 Å². The molecule has 15 aromatic carbocycles. The van der Waals surface area contributed by atoms with Crippen molar-refractivity contribution in [2.24, 2.45) is 0 Å². The lowest BCUT2D eigenvalue weighted by molar-refractivity contribution is 1.05. The average Bonchev–Trinajstić information content (AvgIpc) is 1.25. The average molecular weight is 1290 g/mol. The summed E-state index contributed by atoms with van der Waals surface area (Å²) >= 11 is 0. The van der Waals surface area contributed by atoms with Crippen LogP contribution < -0.4 is 41.5 Å². The van der Waals surface area contributed by atoms with E-state index in [0.717, 1.165) is 77.8 Å². The molecule has 0 saturated carbocycles. The number of rotatable bonds is 16. The molecule has 0 aliphatic heterocycles. The molecule has 0 unspecified atom stereocenters. The van der Waals surface area contributed by atoms with Crippen molar-refractivity contribution in [2.45, 2.75) is 0 Å². The Morgan fingerprint density at radius 3 is 0.838 bits per heavy atom. The molecule has 2 aromatic heterocycles. The smallest absolute Gasteiger partial charge is 0.179 e. The number of aromatic nitrogens is 3. The molecule has 99 heavy (non-hydrogen) atoms. The van der Waals surface area contributed by atoms with Crippen molar-refractivity contribution < 1.29 is 0 Å². The van der Waals surface area contributed by atoms with Crippen molar-refractivity contribution in [1.82, 2.24) is 14.5 Å². The topological polar surface area (TPSA) is 30.7 Å². The van der Waals surface area contributed by atoms with Crippen molar-refractivity contribution in [1.29, 1.82) is 0 Å². The van der Waals surface area contributed by atoms with Gasteiger partial charge in [-0.05, 0) is 127 Å². The normalized spacial score (nSPS) is 11.6. The molecule has 466 valence electrons. The Morgan fingerprint density at radius 1 is 0.182 bits per heavy atom. The molecule has 17 rings (SSSR count). The minimum Gasteiger partial charge on any atom is -0.294 e. The first kappa shape index (κ1) is 60.3. The van der Waals surface area contributed by atoms with Crippen LogP contribution in [0.1, 0.15) is 0 Å². The quantitative estimate of drug-likeness (QED) is 0.0713. The van der Waals surface area contributed by atoms with Crippen LogP contribution in [0.5, 0.6) is 0 Å². The van der Waals surface area contributed by atoms with Crippen molar-refractivity contribution in [3.8, 4) is 84.1 Å². The lowest BCUT2D eigenvalue weighted by Gasteiger charge is -2.38. The zero-order chi connectivity index (χ0) is 66.0. The summed E-state index contributed by atoms with van der Waals surface area (Å²) in [5.41, 5.74) is 16.5. The standard InChI is InChI=1S/C94H67N3Si2/c1-8-31-68(32-9-1)71-37-26-40-74(59-71)76-42-29-53-84(62-76)98(80-45-14-4-15-46-80,81-47-16-5-17-48-81)86-64-79(94-95-90(78-44-28-39-73(61-78)70-35-12-3-13-36-70)67-93(96-94)97-91-57-24-22-55-88(91)89-56-23-25-58-92(89)97)65-87(66-86)99(82-49-18-6-19-50-82,83-51-20-7-21-52-83)85-54-30-43-77(63-85)75-41-27-38-72(60-75)69-33-10-2-11-34-69/h1-67H. The maximum absolute atomic E-state index is 5.99. The molecule has 0 aliphatic rings. The minimum atomic E-state index is -3.52. The van der Waals surface area contributed by atoms with Crippen LogP contribution in [-0.2, 0) is 0 Å². The Balaban J connectivity index is 1.01. The molecule has 0 spiro atoms. The van der Waals surface area contributed by atoms with E-state index in [1.54, 1.807) is 0 Å². The van der Waals surface area contributed by atoms with Gasteiger partial charge in [0.05, 0.1) is 16.7 Å². The molecule has 5 heteroatoms. The van der Waals surface area contributed by atoms with Gasteiger partial charge in [0.15, 0.2) is 22.0 Å². The summed E-state index contributed by atoms with van der Waals surface area (Å²) in [7, 11) is -7.04. The zero-order valence-corrected chi connectivity index (χ0v) is 56.5. The molecule has 0 atom stereocenters. The van der Waals surface area contributed by atoms with E-state index in [9.17, 15) is 0 Å². The Bertz CT molecular complexity index is 5360. The lowest BCUT2D eigenvalue weighted by atomic mass is 9.99. The molecule has 2 heterocycles. The molecule has 0 fully saturated rings. The largest absolute Gasteiger partial charge is 0.294 e. The maximum Gasteiger partial charge on any atom is 0.179 e. The van der Waals surface area contributed by atoms with Gasteiger partial charge in [-0.2, -0.15) is 0 Å². The van der Waals surface area contributed by atoms with Crippen molar-refractivity contribution in [3.63, 3.8) is 0 Å². The third-order valence-corrected chi connectivity index (χ3v) is 29.3. The molecule has 0 aliphatic carbocycles. The molecular formula is C94H67N3Si2. The van der Waals surface area contributed by atoms with Crippen molar-refractivity contribution >= 4 is 79.4 Å². The van der Waals surface area contributed by atoms with Crippen LogP contribution in [0.15, 0.2) is 406 Å². The number of benzene rings is 15. The van der Waals surface area contributed by atoms with Crippen molar-refractivity contribution in [3.05, 3.63) is 406 Å². The highest BCUT2D eigenvalue weighted by Crippen LogP contribution is 2.36. The van der Waals surface area contributed by atoms with Crippen LogP contribution in [-0.4, -0.2) is 30.7 Å². The first-order chi connectivity index (χ1) is 49.1. The van der Waals surface area contributed by atoms with E-state index >= 15 is 0 Å². The number of hydrogen-bond acceptors (Lipinski definition) is 2. The van der Waals surface area contributed by atoms with Gasteiger partial charge in [-0.15, -0.1) is 0 Å². The van der Waals surface area contributed by atoms with E-state index in [4.69, 9.17) is 9.97 Å². The summed E-state index contributed by atoms with van der Waals surface area (Å²) in [6, 6.07) is 151. The van der Waals surface area contributed by atoms with E-state index in [0.29, 0.717) is 5.82 Å². The number of fused-ring (bicyclic) bond motifs is 3. The van der Waals surface area contributed by atoms with Gasteiger partial charge in [-0.1, -0.05) is 370 Å². The van der Waals surface area contributed by atoms with E-state index in [-0.39, 0.29) is 0 Å². The first-order valence-corrected chi connectivity index (χ1v) is 38.0. The molecule has 0 saturated heterocycles. The summed E-state index contributed by atoms with van der Waals surface area (Å²) in [6.45, 7) is 0. The number of nitrogens with zero attached hydrogens (tertiary/aromatic N) is 3. The van der Waals surface area contributed by atoms with Gasteiger partial charge in [-0.25, -0.2) is 9.97 Å². The highest BCUT2D eigenvalue weighted by molar-refractivity contribution is 7.22. The second-order valence-corrected chi connectivity index (χ2v) is 33.2. The van der Waals surface area contributed by atoms with Gasteiger partial charge in [0.2, 0.25) is 0 Å². The minimum absolute atomic E-state index is 0.628. The second kappa shape index (κ2) is 26.3. The third kappa shape index (κ3) is 11.2. The molecule has 0 N–H and O–H groups in total. The Labute approximate surface area is 580 Å². The first-order valence-electron chi connectivity index (χ1n) is 34.0. The van der Waals surface area contributed by atoms with Gasteiger partial charge in [0.1, 0.15) is 5.82 Å². The summed E-state index contributed by atoms with van der Waals surface area (Å²) in [5, 5.41) is 12.3. The highest BCUT2D eigenvalue weighted by atomic mass is 28.3. The zero-order valence-electron chi connectivity index (χ0n) is 54.5. The third-order valence-electron chi connectivity index (χ3n) is 19.9. The second-order valence-electron chi connectivity index (χ2n) is 25.6. The van der Waals surface area contributed by atoms with Gasteiger partial charge in [0, 0.05) is 28.0 Å². The summed E-state index contributed by atoms with van der Waals surface area (Å²) in [6.07, 6.45) is 0. The summed E-state index contributed by atoms with van der Waals surface area (Å²) < 4.78 is 2.35. The summed E-state index contributed by atoms with van der Waals surface area (Å²) in [5.74, 6) is 1.41. The number of para-hydroxylation sites is 2. The van der Waals surface area contributed by atoms with Crippen LogP contribution in [0.4, 0.5) is 0 Å². The predicted molar refractivity (Wildman–Crippen MR) is 422 cm³/mol. The summed E-state index contributed by atoms with van der Waals surface area (Å²) in [4.78, 5) is 11.9. The molecule has 0 radical (unpaired) electrons. The van der Waals surface area contributed by atoms with E-state index in [2.05, 4.69) is 411 Å². The SMILES string of the molecule is c1ccc(-c2cccc(-c3cccc([Si](c4ccccc4)(c4ccccc4)c4cc(-c5nc(-c6cccc(-c7ccccc7)c6)cc(-n6c7ccccc7c7ccccc76)n5)cc([Si](c5ccccc5)(c5ccccc5)c5cccc(-c6cccc(-c7ccccc7)c6)c5)c4)c3)c2)cc1. The van der Waals surface area contributed by atoms with Crippen molar-refractivity contribution in [2.75, 3.05) is 0 Å². The van der Waals surface area contributed by atoms with Crippen LogP contribution in [0, 0.1) is 0 Å². The molecule has 3 nitrogen and oxygen atoms in total. The van der Waals surface area contributed by atoms with E-state index in [1.165, 1.54) is 63.7 Å². The van der Waals surface area contributed by atoms with Crippen LogP contribution in [0.3, 0.4) is 0 Å². The molecular weight excluding hydrogens is 1230 g/mol. The lowest BCUT2D eigenvalue weighted by Crippen LogP contribution is -2.78. The Hall–Kier alpha value is -12.4. The van der Waals surface area contributed by atoms with E-state index < -0.39 is 16.1 Å². The fraction of sp³-hybridized carbons (Fsp3) is 0. The number of hydrogen-bond donors (Lipinski definition) is 0. The predicted octanol–water partition coefficient (Wildman–Crippen LogP) is 18.0. The maximum atomic E-state index is 5.99.